The largest absolute Gasteiger partial charge is 0.460 e. The Balaban J connectivity index is 1.99. The average Bonchev–Trinajstić information content (AvgIpc) is 3.13. The SMILES string of the molecule is O=C(OC(COC(F)(F)C(F)(F)CC(F)(F)F)CC1CCSCC1)C1CCCC1. The average molecular weight is 454 g/mol. The van der Waals surface area contributed by atoms with E-state index in [1.54, 1.807) is 11.8 Å². The lowest BCUT2D eigenvalue weighted by molar-refractivity contribution is -0.369. The van der Waals surface area contributed by atoms with E-state index in [9.17, 15) is 35.5 Å². The molecule has 0 aromatic rings. The molecule has 2 rings (SSSR count). The first-order valence-corrected chi connectivity index (χ1v) is 10.8. The van der Waals surface area contributed by atoms with Gasteiger partial charge in [0, 0.05) is 0 Å². The van der Waals surface area contributed by atoms with Gasteiger partial charge >= 0.3 is 24.2 Å². The molecule has 170 valence electrons. The lowest BCUT2D eigenvalue weighted by atomic mass is 9.95. The zero-order valence-corrected chi connectivity index (χ0v) is 16.6. The van der Waals surface area contributed by atoms with Crippen LogP contribution in [0.5, 0.6) is 0 Å². The lowest BCUT2D eigenvalue weighted by Gasteiger charge is -2.30. The van der Waals surface area contributed by atoms with Crippen molar-refractivity contribution in [1.82, 2.24) is 0 Å². The van der Waals surface area contributed by atoms with E-state index in [1.807, 2.05) is 0 Å². The Labute approximate surface area is 169 Å². The molecule has 2 fully saturated rings. The molecule has 1 unspecified atom stereocenters. The van der Waals surface area contributed by atoms with Gasteiger partial charge in [-0.15, -0.1) is 0 Å². The Hall–Kier alpha value is -0.710. The highest BCUT2D eigenvalue weighted by molar-refractivity contribution is 7.99. The van der Waals surface area contributed by atoms with Crippen molar-refractivity contribution in [3.05, 3.63) is 0 Å². The van der Waals surface area contributed by atoms with E-state index in [0.29, 0.717) is 12.8 Å². The van der Waals surface area contributed by atoms with Crippen LogP contribution in [0, 0.1) is 11.8 Å². The number of carbonyl (C=O) groups is 1. The highest BCUT2D eigenvalue weighted by Gasteiger charge is 2.62. The fraction of sp³-hybridized carbons (Fsp3) is 0.944. The quantitative estimate of drug-likeness (QED) is 0.325. The fourth-order valence-corrected chi connectivity index (χ4v) is 4.79. The van der Waals surface area contributed by atoms with E-state index >= 15 is 0 Å². The summed E-state index contributed by atoms with van der Waals surface area (Å²) in [5.74, 6) is -4.65. The molecule has 1 saturated carbocycles. The monoisotopic (exact) mass is 454 g/mol. The Morgan fingerprint density at radius 2 is 1.55 bits per heavy atom. The van der Waals surface area contributed by atoms with E-state index in [2.05, 4.69) is 4.74 Å². The van der Waals surface area contributed by atoms with Crippen LogP contribution in [-0.4, -0.2) is 48.4 Å². The molecule has 11 heteroatoms. The molecule has 1 aliphatic carbocycles. The molecule has 2 aliphatic rings. The second-order valence-electron chi connectivity index (χ2n) is 7.66. The smallest absolute Gasteiger partial charge is 0.419 e. The normalized spacial score (nSPS) is 21.3. The zero-order chi connectivity index (χ0) is 21.7. The molecule has 0 N–H and O–H groups in total. The predicted molar refractivity (Wildman–Crippen MR) is 93.0 cm³/mol. The van der Waals surface area contributed by atoms with Gasteiger partial charge in [0.1, 0.15) is 12.5 Å². The van der Waals surface area contributed by atoms with Crippen molar-refractivity contribution in [2.45, 2.75) is 75.7 Å². The van der Waals surface area contributed by atoms with E-state index in [1.165, 1.54) is 0 Å². The molecule has 0 aromatic heterocycles. The molecule has 0 amide bonds. The van der Waals surface area contributed by atoms with E-state index in [0.717, 1.165) is 37.2 Å². The number of rotatable bonds is 9. The minimum absolute atomic E-state index is 0.0468. The molecular weight excluding hydrogens is 429 g/mol. The van der Waals surface area contributed by atoms with Crippen LogP contribution in [0.2, 0.25) is 0 Å². The van der Waals surface area contributed by atoms with Gasteiger partial charge in [-0.2, -0.15) is 42.5 Å². The number of ether oxygens (including phenoxy) is 2. The van der Waals surface area contributed by atoms with Gasteiger partial charge < -0.3 is 9.47 Å². The molecule has 0 spiro atoms. The third-order valence-corrected chi connectivity index (χ3v) is 6.26. The first-order valence-electron chi connectivity index (χ1n) is 9.64. The Kier molecular flexibility index (Phi) is 8.52. The van der Waals surface area contributed by atoms with Crippen molar-refractivity contribution in [3.8, 4) is 0 Å². The van der Waals surface area contributed by atoms with Gasteiger partial charge in [-0.3, -0.25) is 4.79 Å². The van der Waals surface area contributed by atoms with Crippen LogP contribution >= 0.6 is 11.8 Å². The number of alkyl halides is 7. The van der Waals surface area contributed by atoms with E-state index in [-0.39, 0.29) is 18.3 Å². The summed E-state index contributed by atoms with van der Waals surface area (Å²) < 4.78 is 100. The van der Waals surface area contributed by atoms with Crippen LogP contribution < -0.4 is 0 Å². The second-order valence-corrected chi connectivity index (χ2v) is 8.88. The number of hydrogen-bond acceptors (Lipinski definition) is 4. The van der Waals surface area contributed by atoms with Gasteiger partial charge in [0.15, 0.2) is 0 Å². The summed E-state index contributed by atoms with van der Waals surface area (Å²) in [7, 11) is 0. The third-order valence-electron chi connectivity index (χ3n) is 5.21. The van der Waals surface area contributed by atoms with Crippen LogP contribution in [0.15, 0.2) is 0 Å². The number of halogens is 7. The van der Waals surface area contributed by atoms with Crippen molar-refractivity contribution >= 4 is 17.7 Å². The van der Waals surface area contributed by atoms with Crippen molar-refractivity contribution in [2.24, 2.45) is 11.8 Å². The summed E-state index contributed by atoms with van der Waals surface area (Å²) in [6.07, 6.45) is -10.5. The maximum absolute atomic E-state index is 13.7. The molecule has 1 aliphatic heterocycles. The predicted octanol–water partition coefficient (Wildman–Crippen LogP) is 5.82. The lowest BCUT2D eigenvalue weighted by Crippen LogP contribution is -2.47. The topological polar surface area (TPSA) is 35.5 Å². The highest BCUT2D eigenvalue weighted by atomic mass is 32.2. The number of hydrogen-bond donors (Lipinski definition) is 0. The van der Waals surface area contributed by atoms with Crippen LogP contribution in [0.25, 0.3) is 0 Å². The van der Waals surface area contributed by atoms with Gasteiger partial charge in [0.2, 0.25) is 0 Å². The van der Waals surface area contributed by atoms with Gasteiger partial charge in [-0.25, -0.2) is 0 Å². The Bertz CT molecular complexity index is 530. The van der Waals surface area contributed by atoms with Gasteiger partial charge in [0.25, 0.3) is 0 Å². The molecule has 0 bridgehead atoms. The summed E-state index contributed by atoms with van der Waals surface area (Å²) in [5, 5.41) is 0. The summed E-state index contributed by atoms with van der Waals surface area (Å²) >= 11 is 1.72. The van der Waals surface area contributed by atoms with Crippen molar-refractivity contribution < 1.29 is 45.0 Å². The van der Waals surface area contributed by atoms with E-state index < -0.39 is 43.3 Å². The van der Waals surface area contributed by atoms with Crippen LogP contribution in [-0.2, 0) is 14.3 Å². The number of carbonyl (C=O) groups excluding carboxylic acids is 1. The number of esters is 1. The van der Waals surface area contributed by atoms with Gasteiger partial charge in [0.05, 0.1) is 12.5 Å². The van der Waals surface area contributed by atoms with Gasteiger partial charge in [-0.1, -0.05) is 12.8 Å². The first-order chi connectivity index (χ1) is 13.4. The summed E-state index contributed by atoms with van der Waals surface area (Å²) in [6.45, 7) is -1.08. The van der Waals surface area contributed by atoms with Crippen molar-refractivity contribution in [3.63, 3.8) is 0 Å². The first kappa shape index (κ1) is 24.6. The summed E-state index contributed by atoms with van der Waals surface area (Å²) in [4.78, 5) is 12.2. The molecule has 3 nitrogen and oxygen atoms in total. The van der Waals surface area contributed by atoms with Crippen LogP contribution in [0.4, 0.5) is 30.7 Å². The number of thioether (sulfide) groups is 1. The minimum atomic E-state index is -5.48. The summed E-state index contributed by atoms with van der Waals surface area (Å²) in [6, 6.07) is 0. The Morgan fingerprint density at radius 3 is 2.10 bits per heavy atom. The summed E-state index contributed by atoms with van der Waals surface area (Å²) in [5.41, 5.74) is 0. The van der Waals surface area contributed by atoms with Crippen LogP contribution in [0.3, 0.4) is 0 Å². The zero-order valence-electron chi connectivity index (χ0n) is 15.8. The molecule has 1 heterocycles. The molecule has 0 aromatic carbocycles. The molecular formula is C18H25F7O3S. The Morgan fingerprint density at radius 1 is 0.966 bits per heavy atom. The van der Waals surface area contributed by atoms with Crippen LogP contribution in [0.1, 0.15) is 51.4 Å². The maximum Gasteiger partial charge on any atom is 0.419 e. The molecule has 29 heavy (non-hydrogen) atoms. The molecule has 0 radical (unpaired) electrons. The molecule has 1 saturated heterocycles. The van der Waals surface area contributed by atoms with E-state index in [4.69, 9.17) is 4.74 Å². The maximum atomic E-state index is 13.7. The molecule has 1 atom stereocenters. The fourth-order valence-electron chi connectivity index (χ4n) is 3.58. The minimum Gasteiger partial charge on any atom is -0.460 e. The highest BCUT2D eigenvalue weighted by Crippen LogP contribution is 2.43. The second kappa shape index (κ2) is 10.1. The van der Waals surface area contributed by atoms with Crippen molar-refractivity contribution in [1.29, 1.82) is 0 Å². The standard InChI is InChI=1S/C18H25F7O3S/c19-16(20,11-17(21,22)23)18(24,25)27-10-14(9-12-5-7-29-8-6-12)28-15(26)13-3-1-2-4-13/h12-14H,1-11H2. The van der Waals surface area contributed by atoms with Gasteiger partial charge in [-0.05, 0) is 49.5 Å². The van der Waals surface area contributed by atoms with Crippen molar-refractivity contribution in [2.75, 3.05) is 18.1 Å². The third kappa shape index (κ3) is 7.80.